The van der Waals surface area contributed by atoms with Crippen LogP contribution in [-0.2, 0) is 14.3 Å². The van der Waals surface area contributed by atoms with Crippen molar-refractivity contribution in [3.63, 3.8) is 0 Å². The van der Waals surface area contributed by atoms with Crippen molar-refractivity contribution >= 4 is 17.9 Å². The van der Waals surface area contributed by atoms with E-state index < -0.39 is 12.0 Å². The molecule has 2 aliphatic rings. The van der Waals surface area contributed by atoms with Crippen LogP contribution in [0.15, 0.2) is 35.5 Å². The summed E-state index contributed by atoms with van der Waals surface area (Å²) < 4.78 is 5.43. The average molecular weight is 471 g/mol. The van der Waals surface area contributed by atoms with Crippen molar-refractivity contribution < 1.29 is 19.1 Å². The molecule has 2 unspecified atom stereocenters. The molecule has 0 spiro atoms. The maximum Gasteiger partial charge on any atom is 0.338 e. The van der Waals surface area contributed by atoms with Gasteiger partial charge in [0.05, 0.1) is 18.2 Å². The predicted octanol–water partition coefficient (Wildman–Crippen LogP) is 3.09. The summed E-state index contributed by atoms with van der Waals surface area (Å²) in [5.41, 5.74) is 2.99. The summed E-state index contributed by atoms with van der Waals surface area (Å²) in [7, 11) is 1.68. The number of carbonyl (C=O) groups excluding carboxylic acids is 3. The number of carbonyl (C=O) groups is 3. The van der Waals surface area contributed by atoms with Crippen molar-refractivity contribution in [1.82, 2.24) is 20.0 Å². The number of hydrogen-bond donors (Lipinski definition) is 1. The second kappa shape index (κ2) is 11.0. The van der Waals surface area contributed by atoms with Crippen molar-refractivity contribution in [3.05, 3.63) is 46.7 Å². The summed E-state index contributed by atoms with van der Waals surface area (Å²) >= 11 is 0. The van der Waals surface area contributed by atoms with Crippen LogP contribution in [0.1, 0.15) is 51.3 Å². The highest BCUT2D eigenvalue weighted by Gasteiger charge is 2.38. The zero-order chi connectivity index (χ0) is 25.0. The average Bonchev–Trinajstić information content (AvgIpc) is 2.76. The molecule has 8 heteroatoms. The molecule has 8 nitrogen and oxygen atoms in total. The van der Waals surface area contributed by atoms with Crippen molar-refractivity contribution in [1.29, 1.82) is 0 Å². The lowest BCUT2D eigenvalue weighted by atomic mass is 9.93. The Balaban J connectivity index is 1.90. The zero-order valence-electron chi connectivity index (χ0n) is 21.3. The number of ether oxygens (including phenoxy) is 1. The number of likely N-dealkylation sites (N-methyl/N-ethyl adjacent to an activating group) is 1. The molecule has 2 atom stereocenters. The van der Waals surface area contributed by atoms with Crippen LogP contribution in [-0.4, -0.2) is 78.5 Å². The second-order valence-electron chi connectivity index (χ2n) is 9.71. The van der Waals surface area contributed by atoms with Crippen molar-refractivity contribution in [3.8, 4) is 0 Å². The summed E-state index contributed by atoms with van der Waals surface area (Å²) in [6.45, 7) is 12.6. The van der Waals surface area contributed by atoms with Gasteiger partial charge >= 0.3 is 12.0 Å². The Labute approximate surface area is 202 Å². The molecule has 0 radical (unpaired) electrons. The number of aryl methyl sites for hydroxylation is 1. The molecule has 34 heavy (non-hydrogen) atoms. The van der Waals surface area contributed by atoms with Crippen LogP contribution >= 0.6 is 0 Å². The van der Waals surface area contributed by atoms with Crippen LogP contribution in [0.25, 0.3) is 0 Å². The second-order valence-corrected chi connectivity index (χ2v) is 9.71. The van der Waals surface area contributed by atoms with E-state index in [1.165, 1.54) is 4.90 Å². The quantitative estimate of drug-likeness (QED) is 0.620. The predicted molar refractivity (Wildman–Crippen MR) is 131 cm³/mol. The summed E-state index contributed by atoms with van der Waals surface area (Å²) in [6, 6.07) is 7.03. The molecule has 0 saturated carbocycles. The Morgan fingerprint density at radius 2 is 1.97 bits per heavy atom. The number of hydrogen-bond acceptors (Lipinski definition) is 5. The topological polar surface area (TPSA) is 82.2 Å². The molecule has 3 amide bonds. The molecule has 1 aromatic rings. The number of nitrogens with zero attached hydrogens (tertiary/aromatic N) is 3. The number of urea groups is 1. The third kappa shape index (κ3) is 5.78. The van der Waals surface area contributed by atoms with Gasteiger partial charge in [0.1, 0.15) is 0 Å². The first-order chi connectivity index (χ1) is 16.1. The molecular formula is C26H38N4O4. The third-order valence-electron chi connectivity index (χ3n) is 6.44. The van der Waals surface area contributed by atoms with Crippen molar-refractivity contribution in [2.24, 2.45) is 5.92 Å². The van der Waals surface area contributed by atoms with Crippen LogP contribution in [0.2, 0.25) is 0 Å². The van der Waals surface area contributed by atoms with E-state index in [0.29, 0.717) is 49.8 Å². The maximum atomic E-state index is 13.1. The van der Waals surface area contributed by atoms with Gasteiger partial charge in [-0.25, -0.2) is 9.59 Å². The van der Waals surface area contributed by atoms with Gasteiger partial charge in [-0.05, 0) is 32.3 Å². The van der Waals surface area contributed by atoms with Crippen LogP contribution in [0.4, 0.5) is 4.79 Å². The minimum absolute atomic E-state index is 0.0573. The molecule has 186 valence electrons. The van der Waals surface area contributed by atoms with Gasteiger partial charge in [0.2, 0.25) is 5.91 Å². The van der Waals surface area contributed by atoms with Gasteiger partial charge in [0, 0.05) is 51.4 Å². The molecular weight excluding hydrogens is 432 g/mol. The normalized spacial score (nSPS) is 21.7. The molecule has 1 N–H and O–H groups in total. The summed E-state index contributed by atoms with van der Waals surface area (Å²) in [4.78, 5) is 44.4. The smallest absolute Gasteiger partial charge is 0.338 e. The fourth-order valence-electron chi connectivity index (χ4n) is 4.72. The molecule has 2 heterocycles. The summed E-state index contributed by atoms with van der Waals surface area (Å²) in [5, 5.41) is 2.97. The van der Waals surface area contributed by atoms with Crippen molar-refractivity contribution in [2.75, 3.05) is 39.8 Å². The highest BCUT2D eigenvalue weighted by atomic mass is 16.5. The van der Waals surface area contributed by atoms with Crippen LogP contribution in [0.3, 0.4) is 0 Å². The third-order valence-corrected chi connectivity index (χ3v) is 6.44. The minimum atomic E-state index is -0.580. The SMILES string of the molecule is CCOC(=O)C1=C(CN2CCN(C(=O)CC(C)C)C(C)C2)N(C)C(=O)NC1c1cccc(C)c1. The first-order valence-corrected chi connectivity index (χ1v) is 12.1. The first kappa shape index (κ1) is 25.7. The largest absolute Gasteiger partial charge is 0.463 e. The van der Waals surface area contributed by atoms with E-state index in [1.54, 1.807) is 14.0 Å². The molecule has 1 fully saturated rings. The molecule has 0 bridgehead atoms. The van der Waals surface area contributed by atoms with E-state index in [1.807, 2.05) is 36.1 Å². The summed E-state index contributed by atoms with van der Waals surface area (Å²) in [6.07, 6.45) is 0.545. The lowest BCUT2D eigenvalue weighted by Crippen LogP contribution is -2.56. The standard InChI is InChI=1S/C26H38N4O4/c1-7-34-25(32)23-21(16-29-11-12-30(19(5)15-29)22(31)13-17(2)3)28(6)26(33)27-24(23)20-10-8-9-18(4)14-20/h8-10,14,17,19,24H,7,11-13,15-16H2,1-6H3,(H,27,33). The lowest BCUT2D eigenvalue weighted by Gasteiger charge is -2.42. The molecule has 1 aromatic carbocycles. The number of piperazine rings is 1. The lowest BCUT2D eigenvalue weighted by molar-refractivity contribution is -0.139. The highest BCUT2D eigenvalue weighted by Crippen LogP contribution is 2.32. The van der Waals surface area contributed by atoms with E-state index in [9.17, 15) is 14.4 Å². The Bertz CT molecular complexity index is 958. The molecule has 0 aliphatic carbocycles. The number of benzene rings is 1. The van der Waals surface area contributed by atoms with Gasteiger partial charge in [-0.2, -0.15) is 0 Å². The van der Waals surface area contributed by atoms with Crippen molar-refractivity contribution in [2.45, 2.75) is 53.1 Å². The monoisotopic (exact) mass is 470 g/mol. The van der Waals surface area contributed by atoms with Crippen LogP contribution < -0.4 is 5.32 Å². The Hall–Kier alpha value is -2.87. The van der Waals surface area contributed by atoms with E-state index in [0.717, 1.165) is 11.1 Å². The Morgan fingerprint density at radius 1 is 1.24 bits per heavy atom. The van der Waals surface area contributed by atoms with Crippen LogP contribution in [0, 0.1) is 12.8 Å². The number of esters is 1. The Morgan fingerprint density at radius 3 is 2.59 bits per heavy atom. The number of amides is 3. The molecule has 2 aliphatic heterocycles. The maximum absolute atomic E-state index is 13.1. The fraction of sp³-hybridized carbons (Fsp3) is 0.577. The van der Waals surface area contributed by atoms with Gasteiger partial charge in [-0.1, -0.05) is 43.7 Å². The molecule has 0 aromatic heterocycles. The van der Waals surface area contributed by atoms with Gasteiger partial charge in [0.15, 0.2) is 0 Å². The fourth-order valence-corrected chi connectivity index (χ4v) is 4.72. The minimum Gasteiger partial charge on any atom is -0.463 e. The van der Waals surface area contributed by atoms with Gasteiger partial charge in [-0.15, -0.1) is 0 Å². The van der Waals surface area contributed by atoms with Crippen LogP contribution in [0.5, 0.6) is 0 Å². The van der Waals surface area contributed by atoms with Gasteiger partial charge in [0.25, 0.3) is 0 Å². The van der Waals surface area contributed by atoms with E-state index in [-0.39, 0.29) is 24.6 Å². The first-order valence-electron chi connectivity index (χ1n) is 12.1. The number of rotatable bonds is 7. The molecule has 1 saturated heterocycles. The zero-order valence-corrected chi connectivity index (χ0v) is 21.3. The number of nitrogens with one attached hydrogen (secondary N) is 1. The molecule has 3 rings (SSSR count). The van der Waals surface area contributed by atoms with E-state index >= 15 is 0 Å². The Kier molecular flexibility index (Phi) is 8.36. The van der Waals surface area contributed by atoms with Gasteiger partial charge in [-0.3, -0.25) is 14.6 Å². The highest BCUT2D eigenvalue weighted by molar-refractivity contribution is 5.95. The van der Waals surface area contributed by atoms with E-state index in [2.05, 4.69) is 31.0 Å². The summed E-state index contributed by atoms with van der Waals surface area (Å²) in [5.74, 6) is 0.0832. The van der Waals surface area contributed by atoms with E-state index in [4.69, 9.17) is 4.74 Å². The van der Waals surface area contributed by atoms with Gasteiger partial charge < -0.3 is 15.0 Å².